The normalized spacial score (nSPS) is 29.3. The van der Waals surface area contributed by atoms with Gasteiger partial charge in [-0.05, 0) is 87.0 Å². The Morgan fingerprint density at radius 1 is 0.852 bits per heavy atom. The summed E-state index contributed by atoms with van der Waals surface area (Å²) in [5, 5.41) is 0. The summed E-state index contributed by atoms with van der Waals surface area (Å²) < 4.78 is 5.95. The summed E-state index contributed by atoms with van der Waals surface area (Å²) >= 11 is 0. The maximum atomic E-state index is 5.95. The predicted molar refractivity (Wildman–Crippen MR) is 116 cm³/mol. The second-order valence-electron chi connectivity index (χ2n) is 9.23. The average molecular weight is 371 g/mol. The molecule has 0 spiro atoms. The van der Waals surface area contributed by atoms with E-state index in [1.54, 1.807) is 6.07 Å². The first-order valence-electron chi connectivity index (χ1n) is 11.0. The van der Waals surface area contributed by atoms with Crippen LogP contribution in [0.1, 0.15) is 65.2 Å². The first kappa shape index (κ1) is 20.1. The van der Waals surface area contributed by atoms with Crippen LogP contribution in [0.5, 0.6) is 5.75 Å². The summed E-state index contributed by atoms with van der Waals surface area (Å²) in [6.45, 7) is 5.54. The lowest BCUT2D eigenvalue weighted by atomic mass is 9.76. The number of hydrogen-bond donors (Lipinski definition) is 2. The highest BCUT2D eigenvalue weighted by atomic mass is 16.5. The first-order valence-corrected chi connectivity index (χ1v) is 11.0. The molecule has 0 amide bonds. The fourth-order valence-corrected chi connectivity index (χ4v) is 4.81. The highest BCUT2D eigenvalue weighted by Crippen LogP contribution is 2.35. The van der Waals surface area contributed by atoms with E-state index in [2.05, 4.69) is 26.0 Å². The minimum absolute atomic E-state index is 0.652. The summed E-state index contributed by atoms with van der Waals surface area (Å²) in [5.74, 6) is 4.86. The van der Waals surface area contributed by atoms with Crippen LogP contribution in [0.3, 0.4) is 0 Å². The number of rotatable bonds is 6. The lowest BCUT2D eigenvalue weighted by molar-refractivity contribution is 0.194. The number of anilines is 2. The molecule has 3 nitrogen and oxygen atoms in total. The van der Waals surface area contributed by atoms with Crippen LogP contribution in [0, 0.1) is 29.6 Å². The van der Waals surface area contributed by atoms with E-state index in [1.165, 1.54) is 51.4 Å². The van der Waals surface area contributed by atoms with Gasteiger partial charge in [0, 0.05) is 23.5 Å². The average Bonchev–Trinajstić information content (AvgIpc) is 2.65. The lowest BCUT2D eigenvalue weighted by Crippen LogP contribution is -2.20. The molecule has 2 aliphatic rings. The van der Waals surface area contributed by atoms with Crippen molar-refractivity contribution in [3.05, 3.63) is 30.4 Å². The summed E-state index contributed by atoms with van der Waals surface area (Å²) in [7, 11) is 0. The number of hydrogen-bond acceptors (Lipinski definition) is 3. The van der Waals surface area contributed by atoms with Gasteiger partial charge >= 0.3 is 0 Å². The second kappa shape index (κ2) is 9.52. The van der Waals surface area contributed by atoms with Crippen LogP contribution in [0.4, 0.5) is 11.4 Å². The molecule has 0 bridgehead atoms. The molecule has 0 unspecified atom stereocenters. The third kappa shape index (κ3) is 6.19. The predicted octanol–water partition coefficient (Wildman–Crippen LogP) is 6.05. The van der Waals surface area contributed by atoms with E-state index >= 15 is 0 Å². The maximum Gasteiger partial charge on any atom is 0.123 e. The smallest absolute Gasteiger partial charge is 0.123 e. The number of ether oxygens (including phenoxy) is 1. The molecule has 0 atom stereocenters. The first-order chi connectivity index (χ1) is 13.0. The van der Waals surface area contributed by atoms with Gasteiger partial charge in [0.1, 0.15) is 5.75 Å². The molecule has 0 aliphatic heterocycles. The van der Waals surface area contributed by atoms with E-state index in [0.717, 1.165) is 36.0 Å². The number of nitrogen functional groups attached to an aromatic ring is 2. The lowest BCUT2D eigenvalue weighted by Gasteiger charge is -2.30. The Hall–Kier alpha value is -1.64. The van der Waals surface area contributed by atoms with Crippen LogP contribution in [0.25, 0.3) is 0 Å². The largest absolute Gasteiger partial charge is 0.493 e. The summed E-state index contributed by atoms with van der Waals surface area (Å²) in [5.41, 5.74) is 13.0. The highest BCUT2D eigenvalue weighted by molar-refractivity contribution is 5.56. The van der Waals surface area contributed by atoms with Crippen molar-refractivity contribution in [2.45, 2.75) is 65.2 Å². The molecule has 0 saturated heterocycles. The SMILES string of the molecule is CC(C)C1CCC(C=CC2CCC(COc3cc(N)cc(N)c3)CC2)CC1. The van der Waals surface area contributed by atoms with Crippen LogP contribution in [-0.2, 0) is 0 Å². The summed E-state index contributed by atoms with van der Waals surface area (Å²) in [6.07, 6.45) is 15.8. The monoisotopic (exact) mass is 370 g/mol. The third-order valence-corrected chi connectivity index (χ3v) is 6.74. The van der Waals surface area contributed by atoms with E-state index in [9.17, 15) is 0 Å². The maximum absolute atomic E-state index is 5.95. The Kier molecular flexibility index (Phi) is 7.09. The van der Waals surface area contributed by atoms with Crippen LogP contribution in [0.15, 0.2) is 30.4 Å². The molecule has 2 saturated carbocycles. The van der Waals surface area contributed by atoms with Gasteiger partial charge in [-0.2, -0.15) is 0 Å². The van der Waals surface area contributed by atoms with E-state index in [-0.39, 0.29) is 0 Å². The molecular weight excluding hydrogens is 332 g/mol. The van der Waals surface area contributed by atoms with Gasteiger partial charge in [-0.1, -0.05) is 26.0 Å². The van der Waals surface area contributed by atoms with Crippen molar-refractivity contribution in [3.63, 3.8) is 0 Å². The van der Waals surface area contributed by atoms with Crippen LogP contribution in [-0.4, -0.2) is 6.61 Å². The van der Waals surface area contributed by atoms with Crippen LogP contribution in [0.2, 0.25) is 0 Å². The number of nitrogens with two attached hydrogens (primary N) is 2. The van der Waals surface area contributed by atoms with Crippen molar-refractivity contribution in [1.82, 2.24) is 0 Å². The van der Waals surface area contributed by atoms with Crippen LogP contribution < -0.4 is 16.2 Å². The van der Waals surface area contributed by atoms with E-state index in [1.807, 2.05) is 12.1 Å². The topological polar surface area (TPSA) is 61.3 Å². The van der Waals surface area contributed by atoms with E-state index in [0.29, 0.717) is 17.3 Å². The molecule has 2 aliphatic carbocycles. The minimum atomic E-state index is 0.652. The molecule has 0 heterocycles. The Morgan fingerprint density at radius 2 is 1.37 bits per heavy atom. The van der Waals surface area contributed by atoms with Gasteiger partial charge < -0.3 is 16.2 Å². The quantitative estimate of drug-likeness (QED) is 0.473. The second-order valence-corrected chi connectivity index (χ2v) is 9.23. The van der Waals surface area contributed by atoms with Crippen molar-refractivity contribution in [2.75, 3.05) is 18.1 Å². The molecule has 4 N–H and O–H groups in total. The number of allylic oxidation sites excluding steroid dienone is 2. The molecule has 1 aromatic rings. The molecular formula is C24H38N2O. The molecule has 150 valence electrons. The van der Waals surface area contributed by atoms with Crippen molar-refractivity contribution in [2.24, 2.45) is 29.6 Å². The fourth-order valence-electron chi connectivity index (χ4n) is 4.81. The van der Waals surface area contributed by atoms with Gasteiger partial charge in [-0.25, -0.2) is 0 Å². The van der Waals surface area contributed by atoms with Gasteiger partial charge in [0.2, 0.25) is 0 Å². The Labute approximate surface area is 165 Å². The van der Waals surface area contributed by atoms with Crippen molar-refractivity contribution >= 4 is 11.4 Å². The van der Waals surface area contributed by atoms with Gasteiger partial charge in [0.05, 0.1) is 6.61 Å². The number of benzene rings is 1. The highest BCUT2D eigenvalue weighted by Gasteiger charge is 2.23. The molecule has 3 heteroatoms. The third-order valence-electron chi connectivity index (χ3n) is 6.74. The zero-order chi connectivity index (χ0) is 19.2. The molecule has 1 aromatic carbocycles. The standard InChI is InChI=1S/C24H38N2O/c1-17(2)21-11-9-19(10-12-21)4-3-18-5-7-20(8-6-18)16-27-24-14-22(25)13-23(26)15-24/h3-4,13-15,17-21H,5-12,16,25-26H2,1-2H3. The Balaban J connectivity index is 1.36. The van der Waals surface area contributed by atoms with Gasteiger partial charge in [0.25, 0.3) is 0 Å². The Bertz CT molecular complexity index is 589. The zero-order valence-electron chi connectivity index (χ0n) is 17.2. The summed E-state index contributed by atoms with van der Waals surface area (Å²) in [4.78, 5) is 0. The van der Waals surface area contributed by atoms with Crippen LogP contribution >= 0.6 is 0 Å². The Morgan fingerprint density at radius 3 is 1.89 bits per heavy atom. The molecule has 27 heavy (non-hydrogen) atoms. The molecule has 0 aromatic heterocycles. The van der Waals surface area contributed by atoms with Gasteiger partial charge in [-0.15, -0.1) is 0 Å². The zero-order valence-corrected chi connectivity index (χ0v) is 17.2. The molecule has 0 radical (unpaired) electrons. The molecule has 2 fully saturated rings. The molecule has 3 rings (SSSR count). The van der Waals surface area contributed by atoms with Crippen molar-refractivity contribution < 1.29 is 4.74 Å². The van der Waals surface area contributed by atoms with Crippen molar-refractivity contribution in [3.8, 4) is 5.75 Å². The van der Waals surface area contributed by atoms with Gasteiger partial charge in [0.15, 0.2) is 0 Å². The summed E-state index contributed by atoms with van der Waals surface area (Å²) in [6, 6.07) is 5.48. The van der Waals surface area contributed by atoms with E-state index < -0.39 is 0 Å². The van der Waals surface area contributed by atoms with Gasteiger partial charge in [-0.3, -0.25) is 0 Å². The fraction of sp³-hybridized carbons (Fsp3) is 0.667. The minimum Gasteiger partial charge on any atom is -0.493 e. The van der Waals surface area contributed by atoms with E-state index in [4.69, 9.17) is 16.2 Å². The van der Waals surface area contributed by atoms with Crippen molar-refractivity contribution in [1.29, 1.82) is 0 Å².